The van der Waals surface area contributed by atoms with Crippen molar-refractivity contribution in [2.45, 2.75) is 0 Å². The van der Waals surface area contributed by atoms with Gasteiger partial charge in [-0.3, -0.25) is 9.78 Å². The van der Waals surface area contributed by atoms with Crippen molar-refractivity contribution in [2.75, 3.05) is 47.6 Å². The van der Waals surface area contributed by atoms with Gasteiger partial charge in [-0.15, -0.1) is 6.42 Å². The van der Waals surface area contributed by atoms with Crippen LogP contribution in [0.2, 0.25) is 0 Å². The number of morpholine rings is 1. The minimum absolute atomic E-state index is 0.336. The highest BCUT2D eigenvalue weighted by molar-refractivity contribution is 6.04. The van der Waals surface area contributed by atoms with Gasteiger partial charge in [-0.1, -0.05) is 12.1 Å². The predicted octanol–water partition coefficient (Wildman–Crippen LogP) is 3.43. The molecule has 9 nitrogen and oxygen atoms in total. The Hall–Kier alpha value is -4.68. The second-order valence-electron chi connectivity index (χ2n) is 7.94. The van der Waals surface area contributed by atoms with E-state index in [1.165, 1.54) is 0 Å². The minimum Gasteiger partial charge on any atom is -0.383 e. The van der Waals surface area contributed by atoms with Crippen LogP contribution >= 0.6 is 0 Å². The van der Waals surface area contributed by atoms with Gasteiger partial charge in [0.2, 0.25) is 5.95 Å². The van der Waals surface area contributed by atoms with Gasteiger partial charge in [-0.25, -0.2) is 4.98 Å². The standard InChI is InChI=1S/C26H23N7O2/c1-2-22(34)29-19-5-3-4-17(16-19)23-24-21(10-11-28-23)25(27)32-26(31-24)30-18-6-8-20(9-7-18)33-12-14-35-15-13-33/h1,3-11,16H,12-15H2,(H,29,34)(H3,27,30,31,32). The van der Waals surface area contributed by atoms with Crippen LogP contribution < -0.4 is 21.3 Å². The SMILES string of the molecule is C#CC(=O)Nc1cccc(-c2nccc3c(N)nc(Nc4ccc(N5CCOCC5)cc4)nc23)c1. The van der Waals surface area contributed by atoms with E-state index in [-0.39, 0.29) is 0 Å². The molecule has 1 aliphatic heterocycles. The third-order valence-corrected chi connectivity index (χ3v) is 5.67. The van der Waals surface area contributed by atoms with Crippen molar-refractivity contribution >= 4 is 45.6 Å². The lowest BCUT2D eigenvalue weighted by Gasteiger charge is -2.28. The molecule has 9 heteroatoms. The van der Waals surface area contributed by atoms with Gasteiger partial charge in [0.15, 0.2) is 0 Å². The van der Waals surface area contributed by atoms with Crippen molar-refractivity contribution in [1.82, 2.24) is 15.0 Å². The van der Waals surface area contributed by atoms with Crippen LogP contribution in [0.25, 0.3) is 22.2 Å². The van der Waals surface area contributed by atoms with Crippen molar-refractivity contribution in [3.63, 3.8) is 0 Å². The fraction of sp³-hybridized carbons (Fsp3) is 0.154. The number of nitrogens with two attached hydrogens (primary N) is 1. The van der Waals surface area contributed by atoms with Gasteiger partial charge in [-0.2, -0.15) is 4.98 Å². The van der Waals surface area contributed by atoms with Crippen LogP contribution in [0.4, 0.5) is 28.8 Å². The molecule has 35 heavy (non-hydrogen) atoms. The molecule has 174 valence electrons. The summed E-state index contributed by atoms with van der Waals surface area (Å²) in [5, 5.41) is 6.57. The first kappa shape index (κ1) is 22.1. The largest absolute Gasteiger partial charge is 0.383 e. The van der Waals surface area contributed by atoms with Crippen molar-refractivity contribution in [2.24, 2.45) is 0 Å². The van der Waals surface area contributed by atoms with Gasteiger partial charge in [0.25, 0.3) is 5.91 Å². The summed E-state index contributed by atoms with van der Waals surface area (Å²) < 4.78 is 5.43. The first-order valence-corrected chi connectivity index (χ1v) is 11.1. The topological polar surface area (TPSA) is 118 Å². The van der Waals surface area contributed by atoms with E-state index >= 15 is 0 Å². The lowest BCUT2D eigenvalue weighted by molar-refractivity contribution is -0.111. The lowest BCUT2D eigenvalue weighted by atomic mass is 10.1. The average Bonchev–Trinajstić information content (AvgIpc) is 2.89. The number of ether oxygens (including phenoxy) is 1. The number of nitrogen functional groups attached to an aromatic ring is 1. The zero-order valence-corrected chi connectivity index (χ0v) is 18.9. The van der Waals surface area contributed by atoms with Gasteiger partial charge in [0, 0.05) is 47.3 Å². The average molecular weight is 466 g/mol. The maximum absolute atomic E-state index is 11.6. The number of carbonyl (C=O) groups excluding carboxylic acids is 1. The Bertz CT molecular complexity index is 1420. The van der Waals surface area contributed by atoms with Crippen molar-refractivity contribution < 1.29 is 9.53 Å². The summed E-state index contributed by atoms with van der Waals surface area (Å²) >= 11 is 0. The first-order chi connectivity index (χ1) is 17.1. The van der Waals surface area contributed by atoms with E-state index in [1.807, 2.05) is 30.2 Å². The number of rotatable bonds is 5. The Kier molecular flexibility index (Phi) is 6.11. The van der Waals surface area contributed by atoms with Crippen LogP contribution in [-0.4, -0.2) is 47.2 Å². The molecule has 2 aromatic carbocycles. The number of amides is 1. The molecule has 0 spiro atoms. The van der Waals surface area contributed by atoms with Crippen LogP contribution in [0.3, 0.4) is 0 Å². The Morgan fingerprint density at radius 3 is 2.63 bits per heavy atom. The number of terminal acetylenes is 1. The molecule has 0 atom stereocenters. The third kappa shape index (κ3) is 4.83. The van der Waals surface area contributed by atoms with E-state index in [1.54, 1.807) is 24.4 Å². The number of nitrogens with one attached hydrogen (secondary N) is 2. The number of fused-ring (bicyclic) bond motifs is 1. The van der Waals surface area contributed by atoms with Crippen LogP contribution in [0, 0.1) is 12.3 Å². The molecule has 1 amide bonds. The number of nitrogens with zero attached hydrogens (tertiary/aromatic N) is 4. The number of pyridine rings is 1. The Labute approximate surface area is 202 Å². The van der Waals surface area contributed by atoms with Crippen LogP contribution in [0.15, 0.2) is 60.8 Å². The summed E-state index contributed by atoms with van der Waals surface area (Å²) in [5.74, 6) is 2.22. The fourth-order valence-corrected chi connectivity index (χ4v) is 3.96. The highest BCUT2D eigenvalue weighted by Crippen LogP contribution is 2.30. The van der Waals surface area contributed by atoms with E-state index in [9.17, 15) is 4.79 Å². The molecular weight excluding hydrogens is 442 g/mol. The number of benzene rings is 2. The van der Waals surface area contributed by atoms with Gasteiger partial charge in [0.05, 0.1) is 18.9 Å². The van der Waals surface area contributed by atoms with Gasteiger partial charge in [0.1, 0.15) is 11.3 Å². The van der Waals surface area contributed by atoms with Crippen molar-refractivity contribution in [1.29, 1.82) is 0 Å². The maximum Gasteiger partial charge on any atom is 0.300 e. The number of carbonyl (C=O) groups is 1. The maximum atomic E-state index is 11.6. The number of aromatic nitrogens is 3. The molecule has 4 N–H and O–H groups in total. The molecule has 0 radical (unpaired) electrons. The van der Waals surface area contributed by atoms with Crippen molar-refractivity contribution in [3.8, 4) is 23.6 Å². The van der Waals surface area contributed by atoms with Crippen LogP contribution in [0.5, 0.6) is 0 Å². The molecule has 1 fully saturated rings. The summed E-state index contributed by atoms with van der Waals surface area (Å²) in [4.78, 5) is 27.6. The third-order valence-electron chi connectivity index (χ3n) is 5.67. The molecule has 0 aliphatic carbocycles. The Morgan fingerprint density at radius 2 is 1.86 bits per heavy atom. The molecule has 0 unspecified atom stereocenters. The van der Waals surface area contributed by atoms with Gasteiger partial charge < -0.3 is 26.0 Å². The zero-order valence-electron chi connectivity index (χ0n) is 18.9. The lowest BCUT2D eigenvalue weighted by Crippen LogP contribution is -2.36. The Morgan fingerprint density at radius 1 is 1.06 bits per heavy atom. The van der Waals surface area contributed by atoms with Gasteiger partial charge in [-0.05, 0) is 48.4 Å². The van der Waals surface area contributed by atoms with E-state index in [0.29, 0.717) is 34.1 Å². The smallest absolute Gasteiger partial charge is 0.300 e. The van der Waals surface area contributed by atoms with E-state index in [0.717, 1.165) is 43.2 Å². The Balaban J connectivity index is 1.45. The normalized spacial score (nSPS) is 13.3. The number of hydrogen-bond acceptors (Lipinski definition) is 8. The molecule has 2 aromatic heterocycles. The summed E-state index contributed by atoms with van der Waals surface area (Å²) in [5.41, 5.74) is 10.8. The van der Waals surface area contributed by atoms with Crippen LogP contribution in [-0.2, 0) is 9.53 Å². The monoisotopic (exact) mass is 465 g/mol. The molecular formula is C26H23N7O2. The van der Waals surface area contributed by atoms with E-state index in [2.05, 4.69) is 37.6 Å². The molecule has 3 heterocycles. The second kappa shape index (κ2) is 9.67. The summed E-state index contributed by atoms with van der Waals surface area (Å²) in [6, 6.07) is 17.1. The molecule has 1 aliphatic rings. The molecule has 1 saturated heterocycles. The highest BCUT2D eigenvalue weighted by atomic mass is 16.5. The van der Waals surface area contributed by atoms with Gasteiger partial charge >= 0.3 is 0 Å². The molecule has 0 bridgehead atoms. The number of anilines is 5. The summed E-state index contributed by atoms with van der Waals surface area (Å²) in [6.07, 6.45) is 6.82. The fourth-order valence-electron chi connectivity index (χ4n) is 3.96. The quantitative estimate of drug-likeness (QED) is 0.384. The summed E-state index contributed by atoms with van der Waals surface area (Å²) in [7, 11) is 0. The van der Waals surface area contributed by atoms with Crippen molar-refractivity contribution in [3.05, 3.63) is 60.8 Å². The molecule has 5 rings (SSSR count). The minimum atomic E-state index is -0.522. The molecule has 4 aromatic rings. The number of hydrogen-bond donors (Lipinski definition) is 3. The van der Waals surface area contributed by atoms with E-state index < -0.39 is 5.91 Å². The molecule has 0 saturated carbocycles. The first-order valence-electron chi connectivity index (χ1n) is 11.1. The zero-order chi connectivity index (χ0) is 24.2. The highest BCUT2D eigenvalue weighted by Gasteiger charge is 2.14. The second-order valence-corrected chi connectivity index (χ2v) is 7.94. The van der Waals surface area contributed by atoms with Crippen LogP contribution in [0.1, 0.15) is 0 Å². The van der Waals surface area contributed by atoms with E-state index in [4.69, 9.17) is 21.9 Å². The summed E-state index contributed by atoms with van der Waals surface area (Å²) in [6.45, 7) is 3.22. The predicted molar refractivity (Wildman–Crippen MR) is 137 cm³/mol.